The first-order valence-electron chi connectivity index (χ1n) is 8.92. The van der Waals surface area contributed by atoms with E-state index in [2.05, 4.69) is 10.3 Å². The highest BCUT2D eigenvalue weighted by Crippen LogP contribution is 2.36. The number of hydrogen-bond donors (Lipinski definition) is 2. The van der Waals surface area contributed by atoms with Crippen LogP contribution in [0.15, 0.2) is 48.3 Å². The number of rotatable bonds is 6. The lowest BCUT2D eigenvalue weighted by atomic mass is 10.0. The molecule has 0 fully saturated rings. The van der Waals surface area contributed by atoms with E-state index in [1.807, 2.05) is 0 Å². The summed E-state index contributed by atoms with van der Waals surface area (Å²) in [6.45, 7) is -0.444. The largest absolute Gasteiger partial charge is 0.417 e. The van der Waals surface area contributed by atoms with Crippen LogP contribution in [0.2, 0.25) is 0 Å². The Morgan fingerprint density at radius 3 is 2.40 bits per heavy atom. The minimum Gasteiger partial charge on any atom is -0.395 e. The van der Waals surface area contributed by atoms with E-state index in [1.54, 1.807) is 43.3 Å². The zero-order chi connectivity index (χ0) is 22.1. The van der Waals surface area contributed by atoms with Gasteiger partial charge in [-0.3, -0.25) is 14.5 Å². The number of aliphatic hydroxyl groups excluding tert-OH is 1. The lowest BCUT2D eigenvalue weighted by Crippen LogP contribution is -2.34. The van der Waals surface area contributed by atoms with Crippen molar-refractivity contribution in [3.05, 3.63) is 53.9 Å². The van der Waals surface area contributed by atoms with Crippen molar-refractivity contribution >= 4 is 23.3 Å². The van der Waals surface area contributed by atoms with Crippen molar-refractivity contribution in [1.82, 2.24) is 9.88 Å². The Labute approximate surface area is 170 Å². The van der Waals surface area contributed by atoms with Crippen LogP contribution >= 0.6 is 0 Å². The molecule has 0 radical (unpaired) electrons. The van der Waals surface area contributed by atoms with Crippen molar-refractivity contribution in [1.29, 1.82) is 0 Å². The standard InChI is InChI=1S/C20H19F3N4O3/c1-26(2)18-15(9-13(11-24-18)20(21,22)23)12-3-5-14(6-4-12)25-16-10-17(29)27(7-8-28)19(16)30/h3-6,9-11,25,28H,7-8H2,1-2H3. The number of nitrogens with one attached hydrogen (secondary N) is 1. The molecule has 0 saturated heterocycles. The first-order chi connectivity index (χ1) is 14.1. The van der Waals surface area contributed by atoms with Crippen LogP contribution in [0.5, 0.6) is 0 Å². The molecule has 1 aromatic carbocycles. The number of aromatic nitrogens is 1. The number of amides is 2. The maximum atomic E-state index is 13.1. The number of carbonyl (C=O) groups excluding carboxylic acids is 2. The number of aliphatic hydroxyl groups is 1. The predicted molar refractivity (Wildman–Crippen MR) is 105 cm³/mol. The van der Waals surface area contributed by atoms with Gasteiger partial charge in [0, 0.05) is 37.6 Å². The molecule has 3 rings (SSSR count). The van der Waals surface area contributed by atoms with Gasteiger partial charge >= 0.3 is 6.18 Å². The lowest BCUT2D eigenvalue weighted by Gasteiger charge is -2.18. The Morgan fingerprint density at radius 1 is 1.17 bits per heavy atom. The summed E-state index contributed by atoms with van der Waals surface area (Å²) >= 11 is 0. The summed E-state index contributed by atoms with van der Waals surface area (Å²) in [6.07, 6.45) is -2.59. The highest BCUT2D eigenvalue weighted by Gasteiger charge is 2.32. The summed E-state index contributed by atoms with van der Waals surface area (Å²) in [5.74, 6) is -0.712. The highest BCUT2D eigenvalue weighted by molar-refractivity contribution is 6.17. The molecule has 1 aliphatic rings. The van der Waals surface area contributed by atoms with Crippen LogP contribution in [-0.4, -0.2) is 54.1 Å². The molecule has 158 valence electrons. The fourth-order valence-corrected chi connectivity index (χ4v) is 2.98. The quantitative estimate of drug-likeness (QED) is 0.699. The fourth-order valence-electron chi connectivity index (χ4n) is 2.98. The Balaban J connectivity index is 1.87. The van der Waals surface area contributed by atoms with Crippen LogP contribution in [0, 0.1) is 0 Å². The van der Waals surface area contributed by atoms with Gasteiger partial charge in [0.2, 0.25) is 0 Å². The second-order valence-electron chi connectivity index (χ2n) is 6.77. The number of nitrogens with zero attached hydrogens (tertiary/aromatic N) is 3. The zero-order valence-electron chi connectivity index (χ0n) is 16.2. The third kappa shape index (κ3) is 4.28. The predicted octanol–water partition coefficient (Wildman–Crippen LogP) is 2.49. The molecule has 2 heterocycles. The Bertz CT molecular complexity index is 1000. The zero-order valence-corrected chi connectivity index (χ0v) is 16.2. The number of halogens is 3. The normalized spacial score (nSPS) is 14.2. The summed E-state index contributed by atoms with van der Waals surface area (Å²) in [4.78, 5) is 30.5. The monoisotopic (exact) mass is 420 g/mol. The molecule has 0 spiro atoms. The van der Waals surface area contributed by atoms with Crippen LogP contribution in [0.25, 0.3) is 11.1 Å². The molecule has 0 bridgehead atoms. The lowest BCUT2D eigenvalue weighted by molar-refractivity contribution is -0.138. The molecular formula is C20H19F3N4O3. The van der Waals surface area contributed by atoms with Crippen LogP contribution in [0.1, 0.15) is 5.56 Å². The molecular weight excluding hydrogens is 401 g/mol. The summed E-state index contributed by atoms with van der Waals surface area (Å²) in [5.41, 5.74) is 0.489. The summed E-state index contributed by atoms with van der Waals surface area (Å²) in [7, 11) is 3.37. The molecule has 1 aliphatic heterocycles. The minimum atomic E-state index is -4.52. The number of anilines is 2. The van der Waals surface area contributed by atoms with Crippen molar-refractivity contribution in [3.8, 4) is 11.1 Å². The second-order valence-corrected chi connectivity index (χ2v) is 6.77. The average Bonchev–Trinajstić information content (AvgIpc) is 2.95. The first-order valence-corrected chi connectivity index (χ1v) is 8.92. The van der Waals surface area contributed by atoms with Crippen molar-refractivity contribution < 1.29 is 27.9 Å². The van der Waals surface area contributed by atoms with Gasteiger partial charge in [0.25, 0.3) is 11.8 Å². The number of carbonyl (C=O) groups is 2. The molecule has 0 atom stereocenters. The van der Waals surface area contributed by atoms with Gasteiger partial charge in [-0.1, -0.05) is 12.1 Å². The topological polar surface area (TPSA) is 85.8 Å². The smallest absolute Gasteiger partial charge is 0.395 e. The number of benzene rings is 1. The number of β-amino-alcohol motifs (C(OH)–C–C–N with tert-alkyl or cyclic N) is 1. The first kappa shape index (κ1) is 21.3. The van der Waals surface area contributed by atoms with Gasteiger partial charge in [0.15, 0.2) is 0 Å². The Kier molecular flexibility index (Phi) is 5.79. The van der Waals surface area contributed by atoms with E-state index in [1.165, 1.54) is 0 Å². The summed E-state index contributed by atoms with van der Waals surface area (Å²) < 4.78 is 39.3. The van der Waals surface area contributed by atoms with Gasteiger partial charge in [-0.25, -0.2) is 4.98 Å². The summed E-state index contributed by atoms with van der Waals surface area (Å²) in [6, 6.07) is 7.41. The molecule has 0 saturated carbocycles. The molecule has 0 aliphatic carbocycles. The molecule has 10 heteroatoms. The maximum absolute atomic E-state index is 13.1. The van der Waals surface area contributed by atoms with Crippen molar-refractivity contribution in [3.63, 3.8) is 0 Å². The second kappa shape index (κ2) is 8.15. The SMILES string of the molecule is CN(C)c1ncc(C(F)(F)F)cc1-c1ccc(NC2=CC(=O)N(CCO)C2=O)cc1. The highest BCUT2D eigenvalue weighted by atomic mass is 19.4. The van der Waals surface area contributed by atoms with Gasteiger partial charge in [0.05, 0.1) is 18.7 Å². The van der Waals surface area contributed by atoms with Crippen LogP contribution in [0.3, 0.4) is 0 Å². The Morgan fingerprint density at radius 2 is 1.83 bits per heavy atom. The van der Waals surface area contributed by atoms with E-state index in [9.17, 15) is 22.8 Å². The molecule has 1 aromatic heterocycles. The molecule has 2 aromatic rings. The number of pyridine rings is 1. The number of alkyl halides is 3. The minimum absolute atomic E-state index is 0.0518. The van der Waals surface area contributed by atoms with Gasteiger partial charge in [-0.05, 0) is 23.8 Å². The van der Waals surface area contributed by atoms with Crippen LogP contribution in [-0.2, 0) is 15.8 Å². The maximum Gasteiger partial charge on any atom is 0.417 e. The van der Waals surface area contributed by atoms with Gasteiger partial charge < -0.3 is 15.3 Å². The molecule has 30 heavy (non-hydrogen) atoms. The third-order valence-corrected chi connectivity index (χ3v) is 4.43. The molecule has 7 nitrogen and oxygen atoms in total. The average molecular weight is 420 g/mol. The van der Waals surface area contributed by atoms with Crippen LogP contribution < -0.4 is 10.2 Å². The van der Waals surface area contributed by atoms with E-state index >= 15 is 0 Å². The van der Waals surface area contributed by atoms with E-state index in [0.717, 1.165) is 23.2 Å². The number of imide groups is 1. The van der Waals surface area contributed by atoms with E-state index < -0.39 is 23.6 Å². The summed E-state index contributed by atoms with van der Waals surface area (Å²) in [5, 5.41) is 11.8. The van der Waals surface area contributed by atoms with Gasteiger partial charge in [-0.15, -0.1) is 0 Å². The molecule has 0 unspecified atom stereocenters. The van der Waals surface area contributed by atoms with Crippen LogP contribution in [0.4, 0.5) is 24.7 Å². The fraction of sp³-hybridized carbons (Fsp3) is 0.250. The van der Waals surface area contributed by atoms with Gasteiger partial charge in [0.1, 0.15) is 11.5 Å². The van der Waals surface area contributed by atoms with Crippen molar-refractivity contribution in [2.24, 2.45) is 0 Å². The molecule has 2 amide bonds. The van der Waals surface area contributed by atoms with E-state index in [4.69, 9.17) is 5.11 Å². The van der Waals surface area contributed by atoms with Gasteiger partial charge in [-0.2, -0.15) is 13.2 Å². The van der Waals surface area contributed by atoms with E-state index in [0.29, 0.717) is 22.6 Å². The van der Waals surface area contributed by atoms with E-state index in [-0.39, 0.29) is 18.8 Å². The Hall–Kier alpha value is -3.40. The third-order valence-electron chi connectivity index (χ3n) is 4.43. The van der Waals surface area contributed by atoms with Crippen molar-refractivity contribution in [2.75, 3.05) is 37.5 Å². The molecule has 2 N–H and O–H groups in total. The number of hydrogen-bond acceptors (Lipinski definition) is 6. The van der Waals surface area contributed by atoms with Crippen molar-refractivity contribution in [2.45, 2.75) is 6.18 Å².